The fourth-order valence-corrected chi connectivity index (χ4v) is 5.32. The van der Waals surface area contributed by atoms with Crippen molar-refractivity contribution in [1.82, 2.24) is 0 Å². The highest BCUT2D eigenvalue weighted by Crippen LogP contribution is 2.40. The Morgan fingerprint density at radius 2 is 0.853 bits per heavy atom. The second-order valence-electron chi connectivity index (χ2n) is 10.9. The predicted molar refractivity (Wildman–Crippen MR) is 150 cm³/mol. The minimum Gasteiger partial charge on any atom is -0.372 e. The van der Waals surface area contributed by atoms with Crippen molar-refractivity contribution in [3.63, 3.8) is 0 Å². The first-order valence-electron chi connectivity index (χ1n) is 11.6. The van der Waals surface area contributed by atoms with E-state index in [1.807, 2.05) is 0 Å². The Kier molecular flexibility index (Phi) is 8.50. The molecule has 0 aliphatic rings. The summed E-state index contributed by atoms with van der Waals surface area (Å²) in [6, 6.07) is 21.7. The van der Waals surface area contributed by atoms with Gasteiger partial charge in [-0.15, -0.1) is 0 Å². The van der Waals surface area contributed by atoms with Gasteiger partial charge in [0, 0.05) is 34.3 Å². The van der Waals surface area contributed by atoms with Crippen molar-refractivity contribution < 1.29 is 9.47 Å². The van der Waals surface area contributed by atoms with E-state index in [0.29, 0.717) is 0 Å². The van der Waals surface area contributed by atoms with Crippen LogP contribution in [0.25, 0.3) is 0 Å². The lowest BCUT2D eigenvalue weighted by molar-refractivity contribution is 0.132. The molecule has 2 nitrogen and oxygen atoms in total. The molecule has 0 aliphatic heterocycles. The van der Waals surface area contributed by atoms with Crippen molar-refractivity contribution in [1.29, 1.82) is 0 Å². The van der Waals surface area contributed by atoms with E-state index in [2.05, 4.69) is 134 Å². The Morgan fingerprint density at radius 3 is 1.09 bits per heavy atom. The molecule has 0 fully saturated rings. The Hall–Kier alpha value is -1.46. The normalized spacial score (nSPS) is 14.2. The van der Waals surface area contributed by atoms with E-state index in [4.69, 9.17) is 9.47 Å². The number of benzene rings is 3. The van der Waals surface area contributed by atoms with E-state index in [1.165, 1.54) is 11.1 Å². The number of hydrogen-bond acceptors (Lipinski definition) is 2. The quantitative estimate of drug-likeness (QED) is 0.286. The van der Waals surface area contributed by atoms with E-state index in [-0.39, 0.29) is 23.0 Å². The van der Waals surface area contributed by atoms with Crippen LogP contribution in [-0.2, 0) is 20.3 Å². The fraction of sp³-hybridized carbons (Fsp3) is 0.400. The zero-order valence-electron chi connectivity index (χ0n) is 21.5. The highest BCUT2D eigenvalue weighted by atomic mass is 79.9. The van der Waals surface area contributed by atoms with Gasteiger partial charge in [0.15, 0.2) is 0 Å². The van der Waals surface area contributed by atoms with E-state index >= 15 is 0 Å². The van der Waals surface area contributed by atoms with Crippen LogP contribution in [0.5, 0.6) is 0 Å². The number of halogens is 2. The van der Waals surface area contributed by atoms with Crippen LogP contribution in [0.4, 0.5) is 0 Å². The van der Waals surface area contributed by atoms with Crippen LogP contribution < -0.4 is 0 Å². The second-order valence-corrected chi connectivity index (χ2v) is 12.6. The number of hydrogen-bond donors (Lipinski definition) is 0. The van der Waals surface area contributed by atoms with Gasteiger partial charge in [-0.05, 0) is 45.2 Å². The molecule has 0 N–H and O–H groups in total. The van der Waals surface area contributed by atoms with Crippen LogP contribution in [0.3, 0.4) is 0 Å². The Morgan fingerprint density at radius 1 is 0.559 bits per heavy atom. The third-order valence-electron chi connectivity index (χ3n) is 6.31. The van der Waals surface area contributed by atoms with Crippen molar-refractivity contribution in [3.05, 3.63) is 103 Å². The molecule has 0 radical (unpaired) electrons. The highest BCUT2D eigenvalue weighted by molar-refractivity contribution is 9.11. The lowest BCUT2D eigenvalue weighted by atomic mass is 9.85. The van der Waals surface area contributed by atoms with Crippen LogP contribution in [0.15, 0.2) is 69.6 Å². The van der Waals surface area contributed by atoms with E-state index in [0.717, 1.165) is 31.2 Å². The molecule has 2 unspecified atom stereocenters. The SMILES string of the molecule is COC(c1ccc(C(C)(C)C)cc1)c1cc(Br)c(C(OC)c2ccc(C(C)(C)C)cc2)cc1Br. The van der Waals surface area contributed by atoms with Gasteiger partial charge in [-0.2, -0.15) is 0 Å². The number of rotatable bonds is 6. The van der Waals surface area contributed by atoms with Crippen molar-refractivity contribution in [2.45, 2.75) is 64.6 Å². The predicted octanol–water partition coefficient (Wildman–Crippen LogP) is 9.28. The zero-order chi connectivity index (χ0) is 25.3. The molecule has 0 aliphatic carbocycles. The third-order valence-corrected chi connectivity index (χ3v) is 7.68. The minimum atomic E-state index is -0.180. The lowest BCUT2D eigenvalue weighted by Crippen LogP contribution is -2.12. The molecule has 182 valence electrons. The molecule has 0 saturated carbocycles. The molecule has 0 heterocycles. The van der Waals surface area contributed by atoms with Crippen LogP contribution in [-0.4, -0.2) is 14.2 Å². The van der Waals surface area contributed by atoms with Gasteiger partial charge >= 0.3 is 0 Å². The van der Waals surface area contributed by atoms with Crippen LogP contribution in [0.2, 0.25) is 0 Å². The highest BCUT2D eigenvalue weighted by Gasteiger charge is 2.24. The summed E-state index contributed by atoms with van der Waals surface area (Å²) in [7, 11) is 3.51. The van der Waals surface area contributed by atoms with Crippen LogP contribution in [0, 0.1) is 0 Å². The third kappa shape index (κ3) is 6.02. The molecule has 3 aromatic rings. The number of methoxy groups -OCH3 is 2. The molecular formula is C30H36Br2O2. The topological polar surface area (TPSA) is 18.5 Å². The monoisotopic (exact) mass is 586 g/mol. The standard InChI is InChI=1S/C30H36Br2O2/c1-29(2,3)21-13-9-19(10-14-21)27(33-7)23-17-26(32)24(18-25(23)31)28(34-8)20-11-15-22(16-12-20)30(4,5)6/h9-18,27-28H,1-8H3. The average molecular weight is 588 g/mol. The lowest BCUT2D eigenvalue weighted by Gasteiger charge is -2.24. The van der Waals surface area contributed by atoms with Crippen molar-refractivity contribution in [2.75, 3.05) is 14.2 Å². The first kappa shape index (κ1) is 27.1. The summed E-state index contributed by atoms with van der Waals surface area (Å²) in [6.07, 6.45) is -0.360. The summed E-state index contributed by atoms with van der Waals surface area (Å²) in [6.45, 7) is 13.4. The van der Waals surface area contributed by atoms with Crippen molar-refractivity contribution in [3.8, 4) is 0 Å². The molecule has 3 aromatic carbocycles. The summed E-state index contributed by atoms with van der Waals surface area (Å²) in [4.78, 5) is 0. The summed E-state index contributed by atoms with van der Waals surface area (Å²) in [5.74, 6) is 0. The van der Waals surface area contributed by atoms with Crippen molar-refractivity contribution >= 4 is 31.9 Å². The Balaban J connectivity index is 1.96. The first-order valence-corrected chi connectivity index (χ1v) is 13.2. The molecule has 4 heteroatoms. The molecular weight excluding hydrogens is 552 g/mol. The van der Waals surface area contributed by atoms with Crippen molar-refractivity contribution in [2.24, 2.45) is 0 Å². The largest absolute Gasteiger partial charge is 0.372 e. The van der Waals surface area contributed by atoms with Crippen LogP contribution in [0.1, 0.15) is 87.1 Å². The maximum Gasteiger partial charge on any atom is 0.108 e. The maximum atomic E-state index is 5.96. The second kappa shape index (κ2) is 10.7. The van der Waals surface area contributed by atoms with Gasteiger partial charge in [-0.3, -0.25) is 0 Å². The van der Waals surface area contributed by atoms with Gasteiger partial charge in [0.25, 0.3) is 0 Å². The Labute approximate surface area is 222 Å². The van der Waals surface area contributed by atoms with Gasteiger partial charge in [-0.1, -0.05) is 122 Å². The average Bonchev–Trinajstić information content (AvgIpc) is 2.77. The van der Waals surface area contributed by atoms with Gasteiger partial charge in [0.2, 0.25) is 0 Å². The molecule has 0 amide bonds. The smallest absolute Gasteiger partial charge is 0.108 e. The molecule has 0 spiro atoms. The minimum absolute atomic E-state index is 0.118. The molecule has 0 bridgehead atoms. The van der Waals surface area contributed by atoms with Gasteiger partial charge in [-0.25, -0.2) is 0 Å². The first-order chi connectivity index (χ1) is 15.9. The summed E-state index contributed by atoms with van der Waals surface area (Å²) in [5, 5.41) is 0. The van der Waals surface area contributed by atoms with Crippen LogP contribution >= 0.6 is 31.9 Å². The van der Waals surface area contributed by atoms with E-state index < -0.39 is 0 Å². The molecule has 34 heavy (non-hydrogen) atoms. The van der Waals surface area contributed by atoms with E-state index in [1.54, 1.807) is 14.2 Å². The van der Waals surface area contributed by atoms with Gasteiger partial charge in [0.1, 0.15) is 12.2 Å². The Bertz CT molecular complexity index is 1010. The van der Waals surface area contributed by atoms with Gasteiger partial charge in [0.05, 0.1) is 0 Å². The molecule has 0 aromatic heterocycles. The van der Waals surface area contributed by atoms with Gasteiger partial charge < -0.3 is 9.47 Å². The summed E-state index contributed by atoms with van der Waals surface area (Å²) < 4.78 is 13.9. The summed E-state index contributed by atoms with van der Waals surface area (Å²) in [5.41, 5.74) is 7.23. The number of ether oxygens (including phenoxy) is 2. The fourth-order valence-electron chi connectivity index (χ4n) is 4.18. The summed E-state index contributed by atoms with van der Waals surface area (Å²) >= 11 is 7.64. The maximum absolute atomic E-state index is 5.96. The molecule has 0 saturated heterocycles. The zero-order valence-corrected chi connectivity index (χ0v) is 24.7. The van der Waals surface area contributed by atoms with E-state index in [9.17, 15) is 0 Å². The molecule has 3 rings (SSSR count). The molecule has 2 atom stereocenters.